The highest BCUT2D eigenvalue weighted by Gasteiger charge is 2.44. The number of hydrogen-bond acceptors (Lipinski definition) is 5. The summed E-state index contributed by atoms with van der Waals surface area (Å²) in [6.07, 6.45) is 6.92. The zero-order valence-corrected chi connectivity index (χ0v) is 9.32. The molecule has 0 aromatic rings. The first kappa shape index (κ1) is 11.6. The van der Waals surface area contributed by atoms with Gasteiger partial charge in [0.2, 0.25) is 0 Å². The maximum atomic E-state index is 8.97. The molecule has 0 aliphatic carbocycles. The lowest BCUT2D eigenvalue weighted by molar-refractivity contribution is 0.00416. The van der Waals surface area contributed by atoms with Gasteiger partial charge in [0.05, 0.1) is 0 Å². The van der Waals surface area contributed by atoms with Gasteiger partial charge in [0.25, 0.3) is 0 Å². The Kier molecular flexibility index (Phi) is 3.76. The summed E-state index contributed by atoms with van der Waals surface area (Å²) >= 11 is 0. The predicted molar refractivity (Wildman–Crippen MR) is 56.0 cm³/mol. The van der Waals surface area contributed by atoms with Gasteiger partial charge in [0.1, 0.15) is 0 Å². The van der Waals surface area contributed by atoms with E-state index in [0.717, 1.165) is 32.4 Å². The van der Waals surface area contributed by atoms with Crippen molar-refractivity contribution < 1.29 is 0 Å². The minimum absolute atomic E-state index is 0.584. The maximum absolute atomic E-state index is 8.97. The largest absolute Gasteiger partial charge is 0.286 e. The van der Waals surface area contributed by atoms with Crippen LogP contribution < -0.4 is 5.32 Å². The van der Waals surface area contributed by atoms with Crippen molar-refractivity contribution in [3.05, 3.63) is 0 Å². The highest BCUT2D eigenvalue weighted by Crippen LogP contribution is 2.28. The number of likely N-dealkylation sites (tertiary alicyclic amines) is 1. The van der Waals surface area contributed by atoms with Crippen LogP contribution in [-0.2, 0) is 0 Å². The fourth-order valence-electron chi connectivity index (χ4n) is 2.20. The lowest BCUT2D eigenvalue weighted by Gasteiger charge is -2.41. The molecule has 0 spiro atoms. The van der Waals surface area contributed by atoms with E-state index in [9.17, 15) is 0 Å². The normalized spacial score (nSPS) is 25.6. The maximum Gasteiger partial charge on any atom is 0.185 e. The Morgan fingerprint density at radius 2 is 2.27 bits per heavy atom. The molecule has 1 heterocycles. The van der Waals surface area contributed by atoms with Gasteiger partial charge < -0.3 is 0 Å². The van der Waals surface area contributed by atoms with E-state index >= 15 is 0 Å². The topological polar surface area (TPSA) is 66.1 Å². The third kappa shape index (κ3) is 1.98. The molecule has 1 atom stereocenters. The van der Waals surface area contributed by atoms with E-state index in [0.29, 0.717) is 0 Å². The summed E-state index contributed by atoms with van der Waals surface area (Å²) in [6.45, 7) is 3.94. The zero-order chi connectivity index (χ0) is 11.3. The van der Waals surface area contributed by atoms with Gasteiger partial charge >= 0.3 is 0 Å². The third-order valence-corrected chi connectivity index (χ3v) is 2.93. The number of nitrogens with one attached hydrogen (secondary N) is 1. The smallest absolute Gasteiger partial charge is 0.185 e. The molecule has 0 aromatic heterocycles. The van der Waals surface area contributed by atoms with E-state index in [1.54, 1.807) is 11.9 Å². The Balaban J connectivity index is 2.89. The summed E-state index contributed by atoms with van der Waals surface area (Å²) in [4.78, 5) is 3.71. The van der Waals surface area contributed by atoms with Crippen LogP contribution in [0.3, 0.4) is 0 Å². The first-order valence-electron chi connectivity index (χ1n) is 5.26. The minimum Gasteiger partial charge on any atom is -0.286 e. The molecule has 1 rings (SSSR count). The Bertz CT molecular complexity index is 289. The fraction of sp³-hybridized carbons (Fsp3) is 0.800. The zero-order valence-electron chi connectivity index (χ0n) is 9.32. The SMILES string of the molecule is CCCN1CCCC1(NC#N)N(C)C#N. The van der Waals surface area contributed by atoms with Crippen LogP contribution in [0, 0.1) is 22.9 Å². The minimum atomic E-state index is -0.584. The average Bonchev–Trinajstić information content (AvgIpc) is 2.63. The molecule has 82 valence electrons. The van der Waals surface area contributed by atoms with Crippen molar-refractivity contribution in [1.29, 1.82) is 10.5 Å². The van der Waals surface area contributed by atoms with Crippen molar-refractivity contribution in [3.8, 4) is 12.4 Å². The first-order valence-corrected chi connectivity index (χ1v) is 5.26. The molecule has 1 unspecified atom stereocenters. The molecule has 1 aliphatic heterocycles. The summed E-state index contributed by atoms with van der Waals surface area (Å²) in [5.74, 6) is -0.584. The monoisotopic (exact) mass is 207 g/mol. The molecule has 0 saturated carbocycles. The van der Waals surface area contributed by atoms with Crippen molar-refractivity contribution in [2.45, 2.75) is 32.0 Å². The Morgan fingerprint density at radius 3 is 2.80 bits per heavy atom. The van der Waals surface area contributed by atoms with E-state index in [1.807, 2.05) is 6.19 Å². The van der Waals surface area contributed by atoms with Crippen LogP contribution >= 0.6 is 0 Å². The number of hydrogen-bond donors (Lipinski definition) is 1. The Labute approximate surface area is 90.9 Å². The predicted octanol–water partition coefficient (Wildman–Crippen LogP) is 0.630. The summed E-state index contributed by atoms with van der Waals surface area (Å²) < 4.78 is 0. The molecule has 0 amide bonds. The average molecular weight is 207 g/mol. The second-order valence-electron chi connectivity index (χ2n) is 3.80. The summed E-state index contributed by atoms with van der Waals surface area (Å²) in [7, 11) is 1.72. The number of nitrogens with zero attached hydrogens (tertiary/aromatic N) is 4. The highest BCUT2D eigenvalue weighted by molar-refractivity contribution is 5.00. The third-order valence-electron chi connectivity index (χ3n) is 2.93. The molecule has 1 saturated heterocycles. The van der Waals surface area contributed by atoms with Crippen molar-refractivity contribution in [3.63, 3.8) is 0 Å². The molecule has 1 aliphatic rings. The first-order chi connectivity index (χ1) is 7.21. The summed E-state index contributed by atoms with van der Waals surface area (Å²) in [5.41, 5.74) is 0. The van der Waals surface area contributed by atoms with Crippen LogP contribution in [0.1, 0.15) is 26.2 Å². The van der Waals surface area contributed by atoms with Crippen molar-refractivity contribution in [2.24, 2.45) is 0 Å². The van der Waals surface area contributed by atoms with Crippen LogP contribution in [0.2, 0.25) is 0 Å². The van der Waals surface area contributed by atoms with Gasteiger partial charge in [-0.15, -0.1) is 0 Å². The van der Waals surface area contributed by atoms with E-state index in [1.165, 1.54) is 0 Å². The molecule has 0 aromatic carbocycles. The van der Waals surface area contributed by atoms with Gasteiger partial charge in [-0.3, -0.25) is 15.1 Å². The molecule has 5 nitrogen and oxygen atoms in total. The summed E-state index contributed by atoms with van der Waals surface area (Å²) in [5, 5.41) is 20.5. The van der Waals surface area contributed by atoms with Gasteiger partial charge in [-0.05, 0) is 12.8 Å². The molecule has 0 radical (unpaired) electrons. The lowest BCUT2D eigenvalue weighted by Crippen LogP contribution is -2.62. The molecule has 5 heteroatoms. The van der Waals surface area contributed by atoms with Gasteiger partial charge in [0, 0.05) is 26.6 Å². The van der Waals surface area contributed by atoms with E-state index in [4.69, 9.17) is 10.5 Å². The van der Waals surface area contributed by atoms with Gasteiger partial charge in [-0.1, -0.05) is 6.92 Å². The standard InChI is InChI=1S/C10H17N5/c1-3-6-15-7-4-5-10(15,13-8-11)14(2)9-12/h13H,3-7H2,1-2H3. The van der Waals surface area contributed by atoms with Crippen molar-refractivity contribution >= 4 is 0 Å². The lowest BCUT2D eigenvalue weighted by atomic mass is 10.2. The molecular weight excluding hydrogens is 190 g/mol. The number of rotatable bonds is 4. The summed E-state index contributed by atoms with van der Waals surface area (Å²) in [6, 6.07) is 0. The highest BCUT2D eigenvalue weighted by atomic mass is 15.5. The second-order valence-corrected chi connectivity index (χ2v) is 3.80. The van der Waals surface area contributed by atoms with Crippen LogP contribution in [0.15, 0.2) is 0 Å². The van der Waals surface area contributed by atoms with Crippen LogP contribution in [-0.4, -0.2) is 35.7 Å². The molecule has 1 fully saturated rings. The van der Waals surface area contributed by atoms with Crippen molar-refractivity contribution in [1.82, 2.24) is 15.1 Å². The van der Waals surface area contributed by atoms with E-state index < -0.39 is 5.79 Å². The van der Waals surface area contributed by atoms with Gasteiger partial charge in [0.15, 0.2) is 18.2 Å². The molecule has 1 N–H and O–H groups in total. The molecule has 15 heavy (non-hydrogen) atoms. The fourth-order valence-corrected chi connectivity index (χ4v) is 2.20. The van der Waals surface area contributed by atoms with Crippen LogP contribution in [0.25, 0.3) is 0 Å². The van der Waals surface area contributed by atoms with Gasteiger partial charge in [-0.2, -0.15) is 10.5 Å². The van der Waals surface area contributed by atoms with Gasteiger partial charge in [-0.25, -0.2) is 0 Å². The van der Waals surface area contributed by atoms with Crippen molar-refractivity contribution in [2.75, 3.05) is 20.1 Å². The second kappa shape index (κ2) is 4.86. The molecular formula is C10H17N5. The Morgan fingerprint density at radius 1 is 1.53 bits per heavy atom. The number of nitriles is 2. The van der Waals surface area contributed by atoms with E-state index in [2.05, 4.69) is 23.3 Å². The molecule has 0 bridgehead atoms. The van der Waals surface area contributed by atoms with Crippen LogP contribution in [0.5, 0.6) is 0 Å². The Hall–Kier alpha value is -1.46. The van der Waals surface area contributed by atoms with Crippen LogP contribution in [0.4, 0.5) is 0 Å². The quantitative estimate of drug-likeness (QED) is 0.416. The van der Waals surface area contributed by atoms with E-state index in [-0.39, 0.29) is 0 Å².